The van der Waals surface area contributed by atoms with Crippen molar-refractivity contribution in [3.63, 3.8) is 0 Å². The molecule has 1 amide bonds. The molecule has 3 N–H and O–H groups in total. The predicted octanol–water partition coefficient (Wildman–Crippen LogP) is 0.594. The summed E-state index contributed by atoms with van der Waals surface area (Å²) >= 11 is 4.66. The van der Waals surface area contributed by atoms with Crippen LogP contribution in [0.15, 0.2) is 0 Å². The molecule has 2 unspecified atom stereocenters. The smallest absolute Gasteiger partial charge is 0.226 e. The summed E-state index contributed by atoms with van der Waals surface area (Å²) in [4.78, 5) is 11.5. The molecule has 1 aliphatic heterocycles. The molecule has 0 aliphatic carbocycles. The summed E-state index contributed by atoms with van der Waals surface area (Å²) in [7, 11) is 0. The molecular formula is C10H18N2O2S. The van der Waals surface area contributed by atoms with Crippen molar-refractivity contribution in [1.82, 2.24) is 5.32 Å². The zero-order chi connectivity index (χ0) is 11.3. The molecule has 4 nitrogen and oxygen atoms in total. The highest BCUT2D eigenvalue weighted by Gasteiger charge is 2.26. The molecule has 1 fully saturated rings. The highest BCUT2D eigenvalue weighted by molar-refractivity contribution is 7.80. The Hall–Kier alpha value is -0.680. The molecule has 86 valence electrons. The molecule has 0 radical (unpaired) electrons. The zero-order valence-electron chi connectivity index (χ0n) is 8.99. The van der Waals surface area contributed by atoms with Gasteiger partial charge in [0.1, 0.15) is 0 Å². The van der Waals surface area contributed by atoms with Gasteiger partial charge in [0.05, 0.1) is 17.5 Å². The van der Waals surface area contributed by atoms with Gasteiger partial charge < -0.3 is 15.8 Å². The minimum atomic E-state index is -0.0933. The first-order valence-corrected chi connectivity index (χ1v) is 5.71. The molecule has 0 bridgehead atoms. The van der Waals surface area contributed by atoms with Crippen LogP contribution >= 0.6 is 12.2 Å². The molecule has 1 saturated heterocycles. The van der Waals surface area contributed by atoms with E-state index in [1.807, 2.05) is 0 Å². The van der Waals surface area contributed by atoms with Crippen LogP contribution in [-0.2, 0) is 9.53 Å². The van der Waals surface area contributed by atoms with E-state index in [1.165, 1.54) is 0 Å². The fraction of sp³-hybridized carbons (Fsp3) is 0.800. The van der Waals surface area contributed by atoms with E-state index < -0.39 is 0 Å². The van der Waals surface area contributed by atoms with Gasteiger partial charge in [0.2, 0.25) is 5.91 Å². The molecule has 0 spiro atoms. The zero-order valence-corrected chi connectivity index (χ0v) is 9.81. The Labute approximate surface area is 95.5 Å². The number of nitrogens with two attached hydrogens (primary N) is 1. The molecule has 2 atom stereocenters. The fourth-order valence-electron chi connectivity index (χ4n) is 1.84. The van der Waals surface area contributed by atoms with Crippen molar-refractivity contribution in [2.24, 2.45) is 11.7 Å². The van der Waals surface area contributed by atoms with Gasteiger partial charge in [-0.05, 0) is 12.8 Å². The van der Waals surface area contributed by atoms with E-state index in [-0.39, 0.29) is 23.4 Å². The topological polar surface area (TPSA) is 64.3 Å². The predicted molar refractivity (Wildman–Crippen MR) is 62.6 cm³/mol. The lowest BCUT2D eigenvalue weighted by atomic mass is 10.00. The maximum absolute atomic E-state index is 11.3. The van der Waals surface area contributed by atoms with Gasteiger partial charge in [0.15, 0.2) is 0 Å². The summed E-state index contributed by atoms with van der Waals surface area (Å²) < 4.78 is 5.53. The summed E-state index contributed by atoms with van der Waals surface area (Å²) in [5, 5.41) is 2.83. The normalized spacial score (nSPS) is 25.1. The van der Waals surface area contributed by atoms with Crippen molar-refractivity contribution in [2.45, 2.75) is 32.3 Å². The summed E-state index contributed by atoms with van der Waals surface area (Å²) in [6, 6.07) is 0. The van der Waals surface area contributed by atoms with Gasteiger partial charge in [-0.15, -0.1) is 0 Å². The first kappa shape index (κ1) is 12.4. The third kappa shape index (κ3) is 4.13. The highest BCUT2D eigenvalue weighted by atomic mass is 32.1. The minimum absolute atomic E-state index is 0.0933. The number of thiocarbonyl (C=S) groups is 1. The van der Waals surface area contributed by atoms with Crippen LogP contribution in [0.4, 0.5) is 0 Å². The van der Waals surface area contributed by atoms with Crippen LogP contribution in [0.25, 0.3) is 0 Å². The minimum Gasteiger partial charge on any atom is -0.393 e. The van der Waals surface area contributed by atoms with Crippen molar-refractivity contribution in [2.75, 3.05) is 13.2 Å². The van der Waals surface area contributed by atoms with Crippen LogP contribution in [-0.4, -0.2) is 30.2 Å². The van der Waals surface area contributed by atoms with Gasteiger partial charge in [0.25, 0.3) is 0 Å². The third-order valence-corrected chi connectivity index (χ3v) is 2.79. The van der Waals surface area contributed by atoms with Gasteiger partial charge in [-0.2, -0.15) is 0 Å². The average Bonchev–Trinajstić information content (AvgIpc) is 2.60. The quantitative estimate of drug-likeness (QED) is 0.679. The second kappa shape index (κ2) is 6.02. The van der Waals surface area contributed by atoms with E-state index in [2.05, 4.69) is 24.5 Å². The maximum atomic E-state index is 11.3. The van der Waals surface area contributed by atoms with Crippen molar-refractivity contribution < 1.29 is 9.53 Å². The van der Waals surface area contributed by atoms with Gasteiger partial charge in [0, 0.05) is 19.1 Å². The van der Waals surface area contributed by atoms with Crippen LogP contribution in [0.2, 0.25) is 0 Å². The fourth-order valence-corrected chi connectivity index (χ4v) is 1.97. The summed E-state index contributed by atoms with van der Waals surface area (Å²) in [5.41, 5.74) is 5.28. The van der Waals surface area contributed by atoms with E-state index in [1.54, 1.807) is 0 Å². The molecule has 15 heavy (non-hydrogen) atoms. The van der Waals surface area contributed by atoms with E-state index in [0.29, 0.717) is 12.5 Å². The summed E-state index contributed by atoms with van der Waals surface area (Å²) in [6.45, 7) is 3.56. The lowest BCUT2D eigenvalue weighted by Gasteiger charge is -2.17. The maximum Gasteiger partial charge on any atom is 0.226 e. The SMILES string of the molecule is CCC1OCCC1CNC(=O)CC(N)=S. The Morgan fingerprint density at radius 2 is 2.40 bits per heavy atom. The van der Waals surface area contributed by atoms with Gasteiger partial charge >= 0.3 is 0 Å². The third-order valence-electron chi connectivity index (χ3n) is 2.64. The van der Waals surface area contributed by atoms with Crippen LogP contribution in [0, 0.1) is 5.92 Å². The molecule has 1 heterocycles. The molecular weight excluding hydrogens is 212 g/mol. The highest BCUT2D eigenvalue weighted by Crippen LogP contribution is 2.22. The van der Waals surface area contributed by atoms with Crippen LogP contribution in [0.3, 0.4) is 0 Å². The number of ether oxygens (including phenoxy) is 1. The number of nitrogens with one attached hydrogen (secondary N) is 1. The molecule has 0 aromatic carbocycles. The van der Waals surface area contributed by atoms with Crippen molar-refractivity contribution in [3.8, 4) is 0 Å². The van der Waals surface area contributed by atoms with Crippen LogP contribution in [0.5, 0.6) is 0 Å². The Kier molecular flexibility index (Phi) is 4.98. The summed E-state index contributed by atoms with van der Waals surface area (Å²) in [6.07, 6.45) is 2.44. The van der Waals surface area contributed by atoms with Gasteiger partial charge in [-0.1, -0.05) is 19.1 Å². The lowest BCUT2D eigenvalue weighted by Crippen LogP contribution is -2.34. The average molecular weight is 230 g/mol. The van der Waals surface area contributed by atoms with Crippen molar-refractivity contribution in [1.29, 1.82) is 0 Å². The number of carbonyl (C=O) groups excluding carboxylic acids is 1. The molecule has 0 aromatic rings. The lowest BCUT2D eigenvalue weighted by molar-refractivity contribution is -0.120. The molecule has 1 rings (SSSR count). The molecule has 0 saturated carbocycles. The monoisotopic (exact) mass is 230 g/mol. The number of carbonyl (C=O) groups is 1. The van der Waals surface area contributed by atoms with E-state index in [9.17, 15) is 4.79 Å². The van der Waals surface area contributed by atoms with Crippen molar-refractivity contribution >= 4 is 23.1 Å². The Morgan fingerprint density at radius 1 is 1.67 bits per heavy atom. The second-order valence-corrected chi connectivity index (χ2v) is 4.34. The van der Waals surface area contributed by atoms with Crippen LogP contribution < -0.4 is 11.1 Å². The number of hydrogen-bond acceptors (Lipinski definition) is 3. The van der Waals surface area contributed by atoms with Crippen molar-refractivity contribution in [3.05, 3.63) is 0 Å². The van der Waals surface area contributed by atoms with E-state index in [0.717, 1.165) is 19.4 Å². The molecule has 1 aliphatic rings. The molecule has 0 aromatic heterocycles. The first-order valence-electron chi connectivity index (χ1n) is 5.30. The van der Waals surface area contributed by atoms with Crippen LogP contribution in [0.1, 0.15) is 26.2 Å². The largest absolute Gasteiger partial charge is 0.393 e. The second-order valence-electron chi connectivity index (χ2n) is 3.81. The van der Waals surface area contributed by atoms with E-state index >= 15 is 0 Å². The number of amides is 1. The van der Waals surface area contributed by atoms with Gasteiger partial charge in [-0.25, -0.2) is 0 Å². The standard InChI is InChI=1S/C10H18N2O2S/c1-2-8-7(3-4-14-8)6-12-10(13)5-9(11)15/h7-8H,2-6H2,1H3,(H2,11,15)(H,12,13). The number of rotatable bonds is 5. The van der Waals surface area contributed by atoms with E-state index in [4.69, 9.17) is 10.5 Å². The Balaban J connectivity index is 2.24. The molecule has 5 heteroatoms. The Morgan fingerprint density at radius 3 is 3.00 bits per heavy atom. The number of hydrogen-bond donors (Lipinski definition) is 2. The first-order chi connectivity index (χ1) is 7.13. The Bertz CT molecular complexity index is 246. The summed E-state index contributed by atoms with van der Waals surface area (Å²) in [5.74, 6) is 0.342. The van der Waals surface area contributed by atoms with Gasteiger partial charge in [-0.3, -0.25) is 4.79 Å².